The molecule has 0 amide bonds. The molecular weight excluding hydrogens is 278 g/mol. The summed E-state index contributed by atoms with van der Waals surface area (Å²) in [6.07, 6.45) is 0. The number of nitrogen functional groups attached to an aromatic ring is 1. The molecule has 0 aliphatic rings. The van der Waals surface area contributed by atoms with E-state index in [9.17, 15) is 4.79 Å². The molecule has 0 aliphatic carbocycles. The first-order valence-corrected chi connectivity index (χ1v) is 6.90. The first kappa shape index (κ1) is 12.6. The number of rotatable bonds is 1. The second kappa shape index (κ2) is 4.46. The Morgan fingerprint density at radius 3 is 2.64 bits per heavy atom. The minimum Gasteiger partial charge on any atom is -0.440 e. The lowest BCUT2D eigenvalue weighted by atomic mass is 10.1. The molecule has 0 radical (unpaired) electrons. The smallest absolute Gasteiger partial charge is 0.205 e. The summed E-state index contributed by atoms with van der Waals surface area (Å²) in [6, 6.07) is 14.7. The lowest BCUT2D eigenvalue weighted by Crippen LogP contribution is -2.11. The second-order valence-electron chi connectivity index (χ2n) is 5.15. The highest BCUT2D eigenvalue weighted by atomic mass is 16.3. The molecule has 2 N–H and O–H groups in total. The van der Waals surface area contributed by atoms with Crippen molar-refractivity contribution in [3.63, 3.8) is 0 Å². The summed E-state index contributed by atoms with van der Waals surface area (Å²) in [5.74, 6) is 0.598. The van der Waals surface area contributed by atoms with Gasteiger partial charge >= 0.3 is 0 Å². The van der Waals surface area contributed by atoms with Crippen LogP contribution in [-0.4, -0.2) is 9.55 Å². The van der Waals surface area contributed by atoms with E-state index < -0.39 is 0 Å². The summed E-state index contributed by atoms with van der Waals surface area (Å²) in [7, 11) is 1.86. The van der Waals surface area contributed by atoms with Crippen molar-refractivity contribution in [2.75, 3.05) is 5.73 Å². The number of hydrogen-bond acceptors (Lipinski definition) is 4. The lowest BCUT2D eigenvalue weighted by Gasteiger charge is -2.06. The van der Waals surface area contributed by atoms with Crippen LogP contribution in [0.15, 0.2) is 57.7 Å². The molecule has 4 aromatic rings. The van der Waals surface area contributed by atoms with E-state index in [2.05, 4.69) is 4.98 Å². The predicted octanol–water partition coefficient (Wildman–Crippen LogP) is 2.93. The molecule has 22 heavy (non-hydrogen) atoms. The highest BCUT2D eigenvalue weighted by Crippen LogP contribution is 2.28. The van der Waals surface area contributed by atoms with Gasteiger partial charge < -0.3 is 14.7 Å². The average Bonchev–Trinajstić information content (AvgIpc) is 2.85. The molecule has 0 atom stereocenters. The Bertz CT molecular complexity index is 1080. The molecule has 0 saturated heterocycles. The van der Waals surface area contributed by atoms with Crippen LogP contribution in [-0.2, 0) is 7.05 Å². The third kappa shape index (κ3) is 1.65. The van der Waals surface area contributed by atoms with Gasteiger partial charge in [-0.15, -0.1) is 0 Å². The van der Waals surface area contributed by atoms with Gasteiger partial charge in [-0.2, -0.15) is 0 Å². The normalized spacial score (nSPS) is 11.3. The molecule has 4 rings (SSSR count). The van der Waals surface area contributed by atoms with Crippen LogP contribution in [0, 0.1) is 0 Å². The molecule has 0 fully saturated rings. The third-order valence-corrected chi connectivity index (χ3v) is 3.84. The fourth-order valence-electron chi connectivity index (χ4n) is 2.74. The Balaban J connectivity index is 2.12. The number of hydrogen-bond donors (Lipinski definition) is 1. The van der Waals surface area contributed by atoms with Gasteiger partial charge in [-0.25, -0.2) is 4.98 Å². The Morgan fingerprint density at radius 1 is 1.09 bits per heavy atom. The SMILES string of the molecule is Cn1c(-c2c(N)oc3ccccc3c2=O)nc2ccccc21. The van der Waals surface area contributed by atoms with Crippen molar-refractivity contribution in [1.29, 1.82) is 0 Å². The van der Waals surface area contributed by atoms with Gasteiger partial charge in [-0.05, 0) is 24.3 Å². The van der Waals surface area contributed by atoms with E-state index >= 15 is 0 Å². The van der Waals surface area contributed by atoms with Gasteiger partial charge in [0.25, 0.3) is 0 Å². The minimum atomic E-state index is -0.169. The largest absolute Gasteiger partial charge is 0.440 e. The molecule has 5 heteroatoms. The molecule has 0 aliphatic heterocycles. The van der Waals surface area contributed by atoms with Crippen LogP contribution in [0.2, 0.25) is 0 Å². The molecule has 2 heterocycles. The summed E-state index contributed by atoms with van der Waals surface area (Å²) in [4.78, 5) is 17.3. The lowest BCUT2D eigenvalue weighted by molar-refractivity contribution is 0.625. The summed E-state index contributed by atoms with van der Waals surface area (Å²) in [5, 5.41) is 0.499. The number of imidazole rings is 1. The van der Waals surface area contributed by atoms with Crippen molar-refractivity contribution in [2.24, 2.45) is 7.05 Å². The average molecular weight is 291 g/mol. The van der Waals surface area contributed by atoms with Gasteiger partial charge in [0.15, 0.2) is 0 Å². The van der Waals surface area contributed by atoms with Crippen LogP contribution >= 0.6 is 0 Å². The van der Waals surface area contributed by atoms with Crippen LogP contribution in [0.5, 0.6) is 0 Å². The van der Waals surface area contributed by atoms with E-state index in [-0.39, 0.29) is 11.3 Å². The molecule has 5 nitrogen and oxygen atoms in total. The molecule has 2 aromatic carbocycles. The fraction of sp³-hybridized carbons (Fsp3) is 0.0588. The summed E-state index contributed by atoms with van der Waals surface area (Å²) in [5.41, 5.74) is 8.35. The molecule has 0 saturated carbocycles. The van der Waals surface area contributed by atoms with E-state index in [1.807, 2.05) is 35.9 Å². The molecule has 0 unspecified atom stereocenters. The van der Waals surface area contributed by atoms with Crippen LogP contribution < -0.4 is 11.2 Å². The van der Waals surface area contributed by atoms with E-state index in [0.29, 0.717) is 22.4 Å². The van der Waals surface area contributed by atoms with E-state index in [1.165, 1.54) is 0 Å². The molecule has 0 bridgehead atoms. The fourth-order valence-corrected chi connectivity index (χ4v) is 2.74. The van der Waals surface area contributed by atoms with Crippen molar-refractivity contribution in [3.05, 3.63) is 58.8 Å². The van der Waals surface area contributed by atoms with Crippen molar-refractivity contribution < 1.29 is 4.42 Å². The number of para-hydroxylation sites is 3. The summed E-state index contributed by atoms with van der Waals surface area (Å²) in [6.45, 7) is 0. The number of aromatic nitrogens is 2. The quantitative estimate of drug-likeness (QED) is 0.585. The zero-order valence-electron chi connectivity index (χ0n) is 11.9. The Morgan fingerprint density at radius 2 is 1.82 bits per heavy atom. The van der Waals surface area contributed by atoms with Crippen molar-refractivity contribution >= 4 is 27.9 Å². The highest BCUT2D eigenvalue weighted by Gasteiger charge is 2.19. The molecule has 108 valence electrons. The maximum atomic E-state index is 12.8. The Hall–Kier alpha value is -3.08. The third-order valence-electron chi connectivity index (χ3n) is 3.84. The number of aryl methyl sites for hydroxylation is 1. The van der Waals surface area contributed by atoms with Crippen molar-refractivity contribution in [2.45, 2.75) is 0 Å². The van der Waals surface area contributed by atoms with Gasteiger partial charge in [0.05, 0.1) is 16.4 Å². The Labute approximate surface area is 125 Å². The van der Waals surface area contributed by atoms with Gasteiger partial charge in [0.1, 0.15) is 17.0 Å². The predicted molar refractivity (Wildman–Crippen MR) is 86.6 cm³/mol. The number of fused-ring (bicyclic) bond motifs is 2. The summed E-state index contributed by atoms with van der Waals surface area (Å²) < 4.78 is 7.46. The minimum absolute atomic E-state index is 0.0853. The van der Waals surface area contributed by atoms with E-state index in [1.54, 1.807) is 24.3 Å². The first-order chi connectivity index (χ1) is 10.7. The van der Waals surface area contributed by atoms with Crippen molar-refractivity contribution in [1.82, 2.24) is 9.55 Å². The summed E-state index contributed by atoms with van der Waals surface area (Å²) >= 11 is 0. The molecule has 0 spiro atoms. The topological polar surface area (TPSA) is 74.1 Å². The van der Waals surface area contributed by atoms with E-state index in [0.717, 1.165) is 11.0 Å². The number of anilines is 1. The van der Waals surface area contributed by atoms with Gasteiger partial charge in [-0.1, -0.05) is 24.3 Å². The van der Waals surface area contributed by atoms with Crippen LogP contribution in [0.1, 0.15) is 0 Å². The standard InChI is InChI=1S/C17H13N3O2/c1-20-12-8-4-3-7-11(12)19-17(20)14-15(21)10-6-2-5-9-13(10)22-16(14)18/h2-9H,18H2,1H3. The van der Waals surface area contributed by atoms with Crippen molar-refractivity contribution in [3.8, 4) is 11.4 Å². The zero-order valence-corrected chi connectivity index (χ0v) is 11.9. The molecular formula is C17H13N3O2. The van der Waals surface area contributed by atoms with Crippen LogP contribution in [0.3, 0.4) is 0 Å². The monoisotopic (exact) mass is 291 g/mol. The van der Waals surface area contributed by atoms with Crippen LogP contribution in [0.4, 0.5) is 5.88 Å². The zero-order chi connectivity index (χ0) is 15.3. The number of nitrogens with two attached hydrogens (primary N) is 1. The number of benzene rings is 2. The van der Waals surface area contributed by atoms with E-state index in [4.69, 9.17) is 10.2 Å². The first-order valence-electron chi connectivity index (χ1n) is 6.90. The number of nitrogens with zero attached hydrogens (tertiary/aromatic N) is 2. The molecule has 2 aromatic heterocycles. The Kier molecular flexibility index (Phi) is 2.56. The second-order valence-corrected chi connectivity index (χ2v) is 5.15. The van der Waals surface area contributed by atoms with Gasteiger partial charge in [0.2, 0.25) is 11.3 Å². The highest BCUT2D eigenvalue weighted by molar-refractivity contribution is 5.87. The maximum absolute atomic E-state index is 12.8. The van der Waals surface area contributed by atoms with Gasteiger partial charge in [-0.3, -0.25) is 4.79 Å². The van der Waals surface area contributed by atoms with Crippen LogP contribution in [0.25, 0.3) is 33.4 Å². The van der Waals surface area contributed by atoms with Gasteiger partial charge in [0, 0.05) is 7.05 Å². The maximum Gasteiger partial charge on any atom is 0.205 e.